The van der Waals surface area contributed by atoms with E-state index in [2.05, 4.69) is 4.98 Å². The molecule has 1 heterocycles. The van der Waals surface area contributed by atoms with E-state index in [1.807, 2.05) is 12.1 Å². The van der Waals surface area contributed by atoms with Crippen molar-refractivity contribution >= 4 is 10.0 Å². The maximum Gasteiger partial charge on any atom is 0.238 e. The van der Waals surface area contributed by atoms with Gasteiger partial charge in [-0.2, -0.15) is 0 Å². The van der Waals surface area contributed by atoms with E-state index in [0.29, 0.717) is 12.0 Å². The summed E-state index contributed by atoms with van der Waals surface area (Å²) in [7, 11) is -3.65. The van der Waals surface area contributed by atoms with E-state index in [0.717, 1.165) is 5.69 Å². The molecule has 0 aliphatic carbocycles. The number of hydrogen-bond acceptors (Lipinski definition) is 2. The molecule has 1 aromatic heterocycles. The molecule has 2 aromatic rings. The van der Waals surface area contributed by atoms with Crippen molar-refractivity contribution in [1.82, 2.24) is 4.98 Å². The molecule has 5 heteroatoms. The molecule has 2 rings (SSSR count). The van der Waals surface area contributed by atoms with Gasteiger partial charge in [0.2, 0.25) is 10.0 Å². The lowest BCUT2D eigenvalue weighted by molar-refractivity contribution is 0.597. The van der Waals surface area contributed by atoms with Crippen LogP contribution in [-0.4, -0.2) is 13.4 Å². The maximum atomic E-state index is 11.3. The van der Waals surface area contributed by atoms with Gasteiger partial charge in [-0.05, 0) is 23.8 Å². The highest BCUT2D eigenvalue weighted by molar-refractivity contribution is 7.89. The van der Waals surface area contributed by atoms with Gasteiger partial charge in [0.15, 0.2) is 0 Å². The van der Waals surface area contributed by atoms with Crippen molar-refractivity contribution in [3.8, 4) is 0 Å². The van der Waals surface area contributed by atoms with Crippen molar-refractivity contribution < 1.29 is 8.42 Å². The molecule has 0 saturated carbocycles. The molecule has 0 amide bonds. The Morgan fingerprint density at radius 3 is 2.50 bits per heavy atom. The standard InChI is InChI=1S/C11H12N2O2S/c12-16(14,15)11-6-2-1-4-9(11)8-10-5-3-7-13-10/h1-7,13H,8H2,(H2,12,14,15). The van der Waals surface area contributed by atoms with Gasteiger partial charge in [-0.1, -0.05) is 18.2 Å². The van der Waals surface area contributed by atoms with E-state index < -0.39 is 10.0 Å². The van der Waals surface area contributed by atoms with Gasteiger partial charge in [0.25, 0.3) is 0 Å². The van der Waals surface area contributed by atoms with Crippen LogP contribution in [0.5, 0.6) is 0 Å². The number of rotatable bonds is 3. The second kappa shape index (κ2) is 4.11. The molecular weight excluding hydrogens is 224 g/mol. The van der Waals surface area contributed by atoms with Crippen molar-refractivity contribution in [1.29, 1.82) is 0 Å². The van der Waals surface area contributed by atoms with Crippen LogP contribution >= 0.6 is 0 Å². The lowest BCUT2D eigenvalue weighted by Gasteiger charge is -2.06. The zero-order valence-electron chi connectivity index (χ0n) is 8.55. The summed E-state index contributed by atoms with van der Waals surface area (Å²) >= 11 is 0. The highest BCUT2D eigenvalue weighted by Gasteiger charge is 2.13. The molecule has 0 spiro atoms. The van der Waals surface area contributed by atoms with E-state index in [9.17, 15) is 8.42 Å². The normalized spacial score (nSPS) is 11.6. The lowest BCUT2D eigenvalue weighted by Crippen LogP contribution is -2.14. The fourth-order valence-corrected chi connectivity index (χ4v) is 2.38. The van der Waals surface area contributed by atoms with Crippen LogP contribution in [0, 0.1) is 0 Å². The Balaban J connectivity index is 2.42. The Kier molecular flexibility index (Phi) is 2.80. The molecule has 0 fully saturated rings. The Morgan fingerprint density at radius 1 is 1.12 bits per heavy atom. The third-order valence-corrected chi connectivity index (χ3v) is 3.33. The van der Waals surface area contributed by atoms with Crippen LogP contribution in [0.4, 0.5) is 0 Å². The van der Waals surface area contributed by atoms with E-state index >= 15 is 0 Å². The highest BCUT2D eigenvalue weighted by atomic mass is 32.2. The summed E-state index contributed by atoms with van der Waals surface area (Å²) in [6, 6.07) is 10.5. The summed E-state index contributed by atoms with van der Waals surface area (Å²) < 4.78 is 22.7. The summed E-state index contributed by atoms with van der Waals surface area (Å²) in [5.41, 5.74) is 1.66. The SMILES string of the molecule is NS(=O)(=O)c1ccccc1Cc1ccc[nH]1. The van der Waals surface area contributed by atoms with E-state index in [1.165, 1.54) is 6.07 Å². The van der Waals surface area contributed by atoms with Crippen LogP contribution < -0.4 is 5.14 Å². The zero-order valence-corrected chi connectivity index (χ0v) is 9.37. The van der Waals surface area contributed by atoms with Gasteiger partial charge in [0, 0.05) is 18.3 Å². The summed E-state index contributed by atoms with van der Waals surface area (Å²) in [6.07, 6.45) is 2.33. The number of aromatic amines is 1. The Hall–Kier alpha value is -1.59. The van der Waals surface area contributed by atoms with E-state index in [1.54, 1.807) is 24.4 Å². The number of primary sulfonamides is 1. The van der Waals surface area contributed by atoms with Crippen molar-refractivity contribution in [3.05, 3.63) is 53.9 Å². The maximum absolute atomic E-state index is 11.3. The average Bonchev–Trinajstić information content (AvgIpc) is 2.70. The Bertz CT molecular complexity index is 574. The monoisotopic (exact) mass is 236 g/mol. The molecule has 0 aliphatic rings. The highest BCUT2D eigenvalue weighted by Crippen LogP contribution is 2.16. The molecular formula is C11H12N2O2S. The van der Waals surface area contributed by atoms with Crippen LogP contribution in [0.1, 0.15) is 11.3 Å². The smallest absolute Gasteiger partial charge is 0.238 e. The van der Waals surface area contributed by atoms with Gasteiger partial charge in [-0.25, -0.2) is 13.6 Å². The summed E-state index contributed by atoms with van der Waals surface area (Å²) in [4.78, 5) is 3.21. The summed E-state index contributed by atoms with van der Waals surface area (Å²) in [6.45, 7) is 0. The fraction of sp³-hybridized carbons (Fsp3) is 0.0909. The van der Waals surface area contributed by atoms with Crippen molar-refractivity contribution in [2.45, 2.75) is 11.3 Å². The second-order valence-electron chi connectivity index (χ2n) is 3.52. The molecule has 3 N–H and O–H groups in total. The number of aromatic nitrogens is 1. The molecule has 16 heavy (non-hydrogen) atoms. The second-order valence-corrected chi connectivity index (χ2v) is 5.05. The Labute approximate surface area is 94.2 Å². The predicted molar refractivity (Wildman–Crippen MR) is 61.4 cm³/mol. The quantitative estimate of drug-likeness (QED) is 0.841. The van der Waals surface area contributed by atoms with Gasteiger partial charge < -0.3 is 4.98 Å². The molecule has 84 valence electrons. The molecule has 0 unspecified atom stereocenters. The minimum Gasteiger partial charge on any atom is -0.365 e. The fourth-order valence-electron chi connectivity index (χ4n) is 1.61. The number of nitrogens with one attached hydrogen (secondary N) is 1. The topological polar surface area (TPSA) is 76.0 Å². The van der Waals surface area contributed by atoms with Crippen molar-refractivity contribution in [2.75, 3.05) is 0 Å². The minimum absolute atomic E-state index is 0.185. The molecule has 0 radical (unpaired) electrons. The van der Waals surface area contributed by atoms with Crippen LogP contribution in [-0.2, 0) is 16.4 Å². The van der Waals surface area contributed by atoms with Gasteiger partial charge in [0.1, 0.15) is 0 Å². The third-order valence-electron chi connectivity index (χ3n) is 2.32. The Morgan fingerprint density at radius 2 is 1.88 bits per heavy atom. The van der Waals surface area contributed by atoms with Crippen molar-refractivity contribution in [2.24, 2.45) is 5.14 Å². The minimum atomic E-state index is -3.65. The van der Waals surface area contributed by atoms with Gasteiger partial charge in [-0.15, -0.1) is 0 Å². The molecule has 1 aromatic carbocycles. The first-order valence-corrected chi connectivity index (χ1v) is 6.35. The van der Waals surface area contributed by atoms with E-state index in [4.69, 9.17) is 5.14 Å². The first-order valence-electron chi connectivity index (χ1n) is 4.80. The molecule has 0 aliphatic heterocycles. The largest absolute Gasteiger partial charge is 0.365 e. The van der Waals surface area contributed by atoms with Gasteiger partial charge >= 0.3 is 0 Å². The first-order chi connectivity index (χ1) is 7.57. The van der Waals surface area contributed by atoms with Gasteiger partial charge in [-0.3, -0.25) is 0 Å². The van der Waals surface area contributed by atoms with Gasteiger partial charge in [0.05, 0.1) is 4.90 Å². The van der Waals surface area contributed by atoms with Crippen LogP contribution in [0.15, 0.2) is 47.5 Å². The summed E-state index contributed by atoms with van der Waals surface area (Å²) in [5, 5.41) is 5.15. The van der Waals surface area contributed by atoms with Crippen LogP contribution in [0.25, 0.3) is 0 Å². The number of nitrogens with two attached hydrogens (primary N) is 1. The predicted octanol–water partition coefficient (Wildman–Crippen LogP) is 1.25. The molecule has 4 nitrogen and oxygen atoms in total. The number of benzene rings is 1. The van der Waals surface area contributed by atoms with Crippen LogP contribution in [0.2, 0.25) is 0 Å². The zero-order chi connectivity index (χ0) is 11.6. The molecule has 0 saturated heterocycles. The lowest BCUT2D eigenvalue weighted by atomic mass is 10.1. The summed E-state index contributed by atoms with van der Waals surface area (Å²) in [5.74, 6) is 0. The first kappa shape index (κ1) is 10.9. The number of sulfonamides is 1. The average molecular weight is 236 g/mol. The van der Waals surface area contributed by atoms with Crippen molar-refractivity contribution in [3.63, 3.8) is 0 Å². The van der Waals surface area contributed by atoms with Crippen LogP contribution in [0.3, 0.4) is 0 Å². The number of hydrogen-bond donors (Lipinski definition) is 2. The number of H-pyrrole nitrogens is 1. The molecule has 0 atom stereocenters. The molecule has 0 bridgehead atoms. The third kappa shape index (κ3) is 2.32. The van der Waals surface area contributed by atoms with E-state index in [-0.39, 0.29) is 4.90 Å².